The summed E-state index contributed by atoms with van der Waals surface area (Å²) in [7, 11) is 0. The van der Waals surface area contributed by atoms with Crippen molar-refractivity contribution in [3.63, 3.8) is 0 Å². The molecule has 5 nitrogen and oxygen atoms in total. The zero-order valence-corrected chi connectivity index (χ0v) is 15.0. The van der Waals surface area contributed by atoms with Crippen LogP contribution in [0.15, 0.2) is 24.3 Å². The number of nitrogens with one attached hydrogen (secondary N) is 1. The van der Waals surface area contributed by atoms with Gasteiger partial charge >= 0.3 is 0 Å². The molecule has 0 aromatic heterocycles. The van der Waals surface area contributed by atoms with E-state index in [2.05, 4.69) is 12.2 Å². The van der Waals surface area contributed by atoms with E-state index in [1.807, 2.05) is 4.90 Å². The molecule has 1 heterocycles. The van der Waals surface area contributed by atoms with Crippen molar-refractivity contribution in [2.75, 3.05) is 39.3 Å². The van der Waals surface area contributed by atoms with E-state index in [0.717, 1.165) is 32.4 Å². The van der Waals surface area contributed by atoms with Gasteiger partial charge in [-0.2, -0.15) is 0 Å². The summed E-state index contributed by atoms with van der Waals surface area (Å²) >= 11 is 0. The topological polar surface area (TPSA) is 52.7 Å². The molecule has 0 aliphatic carbocycles. The van der Waals surface area contributed by atoms with E-state index in [1.165, 1.54) is 12.1 Å². The molecule has 1 saturated heterocycles. The third kappa shape index (κ3) is 6.12. The molecular weight excluding hydrogens is 321 g/mol. The van der Waals surface area contributed by atoms with E-state index < -0.39 is 5.82 Å². The van der Waals surface area contributed by atoms with Gasteiger partial charge in [-0.1, -0.05) is 25.8 Å². The van der Waals surface area contributed by atoms with Crippen molar-refractivity contribution >= 4 is 11.8 Å². The van der Waals surface area contributed by atoms with Crippen LogP contribution in [0.25, 0.3) is 0 Å². The SMILES string of the molecule is CCCCCN(CCC(=O)N1CCNCC1)C(=O)c1cccc(F)c1. The Kier molecular flexibility index (Phi) is 7.85. The summed E-state index contributed by atoms with van der Waals surface area (Å²) < 4.78 is 13.4. The zero-order valence-electron chi connectivity index (χ0n) is 15.0. The molecule has 0 spiro atoms. The minimum absolute atomic E-state index is 0.0778. The van der Waals surface area contributed by atoms with Gasteiger partial charge in [-0.15, -0.1) is 0 Å². The standard InChI is InChI=1S/C19H28FN3O2/c1-2-3-4-11-23(19(25)16-6-5-7-17(20)15-16)12-8-18(24)22-13-9-21-10-14-22/h5-7,15,21H,2-4,8-14H2,1H3. The first-order valence-corrected chi connectivity index (χ1v) is 9.15. The summed E-state index contributed by atoms with van der Waals surface area (Å²) in [6.07, 6.45) is 3.28. The fourth-order valence-corrected chi connectivity index (χ4v) is 2.97. The first-order chi connectivity index (χ1) is 12.1. The van der Waals surface area contributed by atoms with E-state index in [0.29, 0.717) is 38.2 Å². The molecule has 0 atom stereocenters. The van der Waals surface area contributed by atoms with Crippen molar-refractivity contribution in [2.24, 2.45) is 0 Å². The van der Waals surface area contributed by atoms with Gasteiger partial charge in [0, 0.05) is 51.3 Å². The molecule has 25 heavy (non-hydrogen) atoms. The largest absolute Gasteiger partial charge is 0.340 e. The number of amides is 2. The maximum atomic E-state index is 13.4. The average Bonchev–Trinajstić information content (AvgIpc) is 2.64. The molecule has 0 unspecified atom stereocenters. The summed E-state index contributed by atoms with van der Waals surface area (Å²) in [4.78, 5) is 28.6. The van der Waals surface area contributed by atoms with Crippen LogP contribution in [0.5, 0.6) is 0 Å². The Morgan fingerprint density at radius 1 is 1.20 bits per heavy atom. The Hall–Kier alpha value is -1.95. The average molecular weight is 349 g/mol. The van der Waals surface area contributed by atoms with Crippen LogP contribution in [0.3, 0.4) is 0 Å². The number of benzene rings is 1. The lowest BCUT2D eigenvalue weighted by Gasteiger charge is -2.29. The van der Waals surface area contributed by atoms with Crippen LogP contribution < -0.4 is 5.32 Å². The van der Waals surface area contributed by atoms with Gasteiger partial charge in [-0.05, 0) is 24.6 Å². The third-order valence-corrected chi connectivity index (χ3v) is 4.46. The fraction of sp³-hybridized carbons (Fsp3) is 0.579. The maximum absolute atomic E-state index is 13.4. The minimum atomic E-state index is -0.420. The Morgan fingerprint density at radius 2 is 1.96 bits per heavy atom. The molecule has 0 saturated carbocycles. The Morgan fingerprint density at radius 3 is 2.64 bits per heavy atom. The van der Waals surface area contributed by atoms with Crippen LogP contribution in [0, 0.1) is 5.82 Å². The van der Waals surface area contributed by atoms with Gasteiger partial charge in [-0.25, -0.2) is 4.39 Å². The highest BCUT2D eigenvalue weighted by Crippen LogP contribution is 2.10. The molecule has 1 aromatic carbocycles. The number of hydrogen-bond donors (Lipinski definition) is 1. The first-order valence-electron chi connectivity index (χ1n) is 9.15. The van der Waals surface area contributed by atoms with Crippen molar-refractivity contribution < 1.29 is 14.0 Å². The van der Waals surface area contributed by atoms with Gasteiger partial charge < -0.3 is 15.1 Å². The normalized spacial score (nSPS) is 14.4. The van der Waals surface area contributed by atoms with Crippen LogP contribution in [0.4, 0.5) is 4.39 Å². The van der Waals surface area contributed by atoms with Crippen LogP contribution in [0.2, 0.25) is 0 Å². The molecule has 2 amide bonds. The van der Waals surface area contributed by atoms with Gasteiger partial charge in [0.05, 0.1) is 0 Å². The molecule has 6 heteroatoms. The molecule has 1 aliphatic rings. The van der Waals surface area contributed by atoms with E-state index >= 15 is 0 Å². The van der Waals surface area contributed by atoms with Crippen LogP contribution in [-0.4, -0.2) is 60.9 Å². The molecule has 138 valence electrons. The predicted octanol–water partition coefficient (Wildman–Crippen LogP) is 2.28. The second-order valence-corrected chi connectivity index (χ2v) is 6.39. The number of piperazine rings is 1. The second-order valence-electron chi connectivity index (χ2n) is 6.39. The van der Waals surface area contributed by atoms with E-state index in [-0.39, 0.29) is 11.8 Å². The second kappa shape index (κ2) is 10.1. The summed E-state index contributed by atoms with van der Waals surface area (Å²) in [6, 6.07) is 5.74. The highest BCUT2D eigenvalue weighted by Gasteiger charge is 2.20. The molecule has 1 aliphatic heterocycles. The molecule has 1 fully saturated rings. The van der Waals surface area contributed by atoms with E-state index in [4.69, 9.17) is 0 Å². The number of nitrogens with zero attached hydrogens (tertiary/aromatic N) is 2. The smallest absolute Gasteiger partial charge is 0.253 e. The fourth-order valence-electron chi connectivity index (χ4n) is 2.97. The van der Waals surface area contributed by atoms with Crippen LogP contribution in [0.1, 0.15) is 43.0 Å². The quantitative estimate of drug-likeness (QED) is 0.733. The van der Waals surface area contributed by atoms with Gasteiger partial charge in [0.25, 0.3) is 5.91 Å². The summed E-state index contributed by atoms with van der Waals surface area (Å²) in [5.41, 5.74) is 0.339. The van der Waals surface area contributed by atoms with E-state index in [1.54, 1.807) is 17.0 Å². The Bertz CT molecular complexity index is 574. The van der Waals surface area contributed by atoms with Crippen LogP contribution in [-0.2, 0) is 4.79 Å². The van der Waals surface area contributed by atoms with Gasteiger partial charge in [-0.3, -0.25) is 9.59 Å². The van der Waals surface area contributed by atoms with Crippen molar-refractivity contribution in [2.45, 2.75) is 32.6 Å². The van der Waals surface area contributed by atoms with Gasteiger partial charge in [0.2, 0.25) is 5.91 Å². The predicted molar refractivity (Wildman–Crippen MR) is 95.9 cm³/mol. The van der Waals surface area contributed by atoms with Crippen molar-refractivity contribution in [1.29, 1.82) is 0 Å². The number of unbranched alkanes of at least 4 members (excludes halogenated alkanes) is 2. The van der Waals surface area contributed by atoms with Crippen molar-refractivity contribution in [3.05, 3.63) is 35.6 Å². The summed E-state index contributed by atoms with van der Waals surface area (Å²) in [5, 5.41) is 3.22. The monoisotopic (exact) mass is 349 g/mol. The lowest BCUT2D eigenvalue weighted by molar-refractivity contribution is -0.131. The summed E-state index contributed by atoms with van der Waals surface area (Å²) in [6.45, 7) is 6.13. The molecule has 1 aromatic rings. The first kappa shape index (κ1) is 19.4. The maximum Gasteiger partial charge on any atom is 0.253 e. The minimum Gasteiger partial charge on any atom is -0.340 e. The molecule has 0 bridgehead atoms. The Balaban J connectivity index is 1.96. The number of halogens is 1. The molecule has 2 rings (SSSR count). The number of carbonyl (C=O) groups excluding carboxylic acids is 2. The molecule has 1 N–H and O–H groups in total. The Labute approximate surface area is 149 Å². The van der Waals surface area contributed by atoms with Gasteiger partial charge in [0.1, 0.15) is 5.82 Å². The van der Waals surface area contributed by atoms with Gasteiger partial charge in [0.15, 0.2) is 0 Å². The molecule has 0 radical (unpaired) electrons. The number of hydrogen-bond acceptors (Lipinski definition) is 3. The highest BCUT2D eigenvalue weighted by molar-refractivity contribution is 5.94. The number of rotatable bonds is 8. The van der Waals surface area contributed by atoms with Crippen LogP contribution >= 0.6 is 0 Å². The lowest BCUT2D eigenvalue weighted by Crippen LogP contribution is -2.47. The van der Waals surface area contributed by atoms with Crippen molar-refractivity contribution in [3.8, 4) is 0 Å². The number of carbonyl (C=O) groups is 2. The highest BCUT2D eigenvalue weighted by atomic mass is 19.1. The third-order valence-electron chi connectivity index (χ3n) is 4.46. The zero-order chi connectivity index (χ0) is 18.1. The summed E-state index contributed by atoms with van der Waals surface area (Å²) in [5.74, 6) is -0.547. The van der Waals surface area contributed by atoms with Crippen molar-refractivity contribution in [1.82, 2.24) is 15.1 Å². The van der Waals surface area contributed by atoms with E-state index in [9.17, 15) is 14.0 Å². The molecular formula is C19H28FN3O2. The lowest BCUT2D eigenvalue weighted by atomic mass is 10.1.